The molecule has 0 aliphatic rings. The summed E-state index contributed by atoms with van der Waals surface area (Å²) >= 11 is 0. The topological polar surface area (TPSA) is 54.4 Å². The zero-order valence-electron chi connectivity index (χ0n) is 6.40. The Kier molecular flexibility index (Phi) is 2.49. The summed E-state index contributed by atoms with van der Waals surface area (Å²) in [6, 6.07) is 6.24. The maximum absolute atomic E-state index is 10.7. The molecule has 0 heterocycles. The van der Waals surface area contributed by atoms with Gasteiger partial charge in [-0.2, -0.15) is 8.42 Å². The van der Waals surface area contributed by atoms with Crippen LogP contribution < -0.4 is 0 Å². The van der Waals surface area contributed by atoms with E-state index in [1.807, 2.05) is 0 Å². The fraction of sp³-hybridized carbons (Fsp3) is 0.125. The second-order valence-corrected chi connectivity index (χ2v) is 3.72. The van der Waals surface area contributed by atoms with E-state index >= 15 is 0 Å². The lowest BCUT2D eigenvalue weighted by molar-refractivity contribution is 0.482. The molecule has 1 radical (unpaired) electrons. The second kappa shape index (κ2) is 3.25. The van der Waals surface area contributed by atoms with Crippen molar-refractivity contribution in [1.29, 1.82) is 0 Å². The normalized spacial score (nSPS) is 11.5. The molecule has 0 amide bonds. The highest BCUT2D eigenvalue weighted by Crippen LogP contribution is 2.14. The fourth-order valence-corrected chi connectivity index (χ4v) is 1.71. The standard InChI is InChI=1S/C8H9O3S/c1-2-7-5-3-4-6-8(7)12(9,10)11/h3-6H,1-2H2,(H,9,10,11). The smallest absolute Gasteiger partial charge is 0.282 e. The van der Waals surface area contributed by atoms with E-state index in [9.17, 15) is 8.42 Å². The van der Waals surface area contributed by atoms with Crippen molar-refractivity contribution in [3.63, 3.8) is 0 Å². The Morgan fingerprint density at radius 2 is 1.92 bits per heavy atom. The zero-order chi connectivity index (χ0) is 9.19. The Hall–Kier alpha value is -0.870. The van der Waals surface area contributed by atoms with Crippen LogP contribution in [0.15, 0.2) is 29.2 Å². The molecule has 0 aromatic heterocycles. The molecule has 0 aliphatic heterocycles. The van der Waals surface area contributed by atoms with Gasteiger partial charge in [0.1, 0.15) is 0 Å². The highest BCUT2D eigenvalue weighted by atomic mass is 32.2. The van der Waals surface area contributed by atoms with Crippen molar-refractivity contribution in [2.24, 2.45) is 0 Å². The molecule has 0 aliphatic carbocycles. The molecule has 65 valence electrons. The molecule has 0 saturated heterocycles. The summed E-state index contributed by atoms with van der Waals surface area (Å²) in [6.45, 7) is 3.55. The zero-order valence-corrected chi connectivity index (χ0v) is 7.21. The molecule has 0 saturated carbocycles. The molecule has 0 fully saturated rings. The Morgan fingerprint density at radius 3 is 2.33 bits per heavy atom. The molecular weight excluding hydrogens is 176 g/mol. The van der Waals surface area contributed by atoms with Gasteiger partial charge >= 0.3 is 0 Å². The maximum Gasteiger partial charge on any atom is 0.294 e. The SMILES string of the molecule is [CH2]Cc1ccccc1S(=O)(=O)O. The monoisotopic (exact) mass is 185 g/mol. The molecule has 4 heteroatoms. The van der Waals surface area contributed by atoms with E-state index < -0.39 is 10.1 Å². The van der Waals surface area contributed by atoms with Gasteiger partial charge in [-0.3, -0.25) is 4.55 Å². The van der Waals surface area contributed by atoms with E-state index in [-0.39, 0.29) is 4.90 Å². The van der Waals surface area contributed by atoms with Gasteiger partial charge in [0, 0.05) is 0 Å². The van der Waals surface area contributed by atoms with Gasteiger partial charge in [0.15, 0.2) is 0 Å². The average Bonchev–Trinajstić information content (AvgIpc) is 2.03. The van der Waals surface area contributed by atoms with Crippen LogP contribution in [0.3, 0.4) is 0 Å². The quantitative estimate of drug-likeness (QED) is 0.707. The van der Waals surface area contributed by atoms with E-state index in [1.165, 1.54) is 6.07 Å². The third kappa shape index (κ3) is 1.84. The number of hydrogen-bond acceptors (Lipinski definition) is 2. The van der Waals surface area contributed by atoms with E-state index in [1.54, 1.807) is 18.2 Å². The molecule has 1 rings (SSSR count). The predicted octanol–water partition coefficient (Wildman–Crippen LogP) is 1.31. The number of hydrogen-bond donors (Lipinski definition) is 1. The second-order valence-electron chi connectivity index (χ2n) is 2.33. The molecule has 1 aromatic rings. The van der Waals surface area contributed by atoms with Crippen LogP contribution in [-0.2, 0) is 16.5 Å². The Morgan fingerprint density at radius 1 is 1.33 bits per heavy atom. The first-order valence-electron chi connectivity index (χ1n) is 3.40. The van der Waals surface area contributed by atoms with Gasteiger partial charge in [0.25, 0.3) is 10.1 Å². The van der Waals surface area contributed by atoms with Crippen LogP contribution in [0.5, 0.6) is 0 Å². The van der Waals surface area contributed by atoms with E-state index in [0.717, 1.165) is 0 Å². The van der Waals surface area contributed by atoms with Gasteiger partial charge in [0.2, 0.25) is 0 Å². The fourth-order valence-electron chi connectivity index (χ4n) is 0.962. The predicted molar refractivity (Wildman–Crippen MR) is 45.3 cm³/mol. The van der Waals surface area contributed by atoms with Crippen molar-refractivity contribution in [3.8, 4) is 0 Å². The van der Waals surface area contributed by atoms with Crippen LogP contribution in [0, 0.1) is 6.92 Å². The lowest BCUT2D eigenvalue weighted by Crippen LogP contribution is -2.01. The maximum atomic E-state index is 10.7. The van der Waals surface area contributed by atoms with Crippen molar-refractivity contribution < 1.29 is 13.0 Å². The minimum absolute atomic E-state index is 0.0556. The summed E-state index contributed by atoms with van der Waals surface area (Å²) in [4.78, 5) is -0.0556. The van der Waals surface area contributed by atoms with Gasteiger partial charge in [-0.05, 0) is 25.0 Å². The van der Waals surface area contributed by atoms with Gasteiger partial charge < -0.3 is 0 Å². The number of benzene rings is 1. The summed E-state index contributed by atoms with van der Waals surface area (Å²) in [7, 11) is -4.09. The average molecular weight is 185 g/mol. The van der Waals surface area contributed by atoms with E-state index in [4.69, 9.17) is 4.55 Å². The summed E-state index contributed by atoms with van der Waals surface area (Å²) < 4.78 is 30.2. The summed E-state index contributed by atoms with van der Waals surface area (Å²) in [5.41, 5.74) is 0.528. The third-order valence-corrected chi connectivity index (χ3v) is 2.47. The molecular formula is C8H9O3S. The van der Waals surface area contributed by atoms with Gasteiger partial charge in [0.05, 0.1) is 4.90 Å². The van der Waals surface area contributed by atoms with Crippen molar-refractivity contribution in [3.05, 3.63) is 36.8 Å². The van der Waals surface area contributed by atoms with Gasteiger partial charge in [-0.25, -0.2) is 0 Å². The molecule has 1 aromatic carbocycles. The minimum atomic E-state index is -4.09. The summed E-state index contributed by atoms with van der Waals surface area (Å²) in [5.74, 6) is 0. The van der Waals surface area contributed by atoms with Crippen LogP contribution in [-0.4, -0.2) is 13.0 Å². The van der Waals surface area contributed by atoms with Crippen LogP contribution in [0.1, 0.15) is 5.56 Å². The van der Waals surface area contributed by atoms with E-state index in [2.05, 4.69) is 6.92 Å². The summed E-state index contributed by atoms with van der Waals surface area (Å²) in [6.07, 6.45) is 0.343. The van der Waals surface area contributed by atoms with E-state index in [0.29, 0.717) is 12.0 Å². The molecule has 0 atom stereocenters. The highest BCUT2D eigenvalue weighted by Gasteiger charge is 2.12. The van der Waals surface area contributed by atoms with Crippen molar-refractivity contribution in [1.82, 2.24) is 0 Å². The summed E-state index contributed by atoms with van der Waals surface area (Å²) in [5, 5.41) is 0. The van der Waals surface area contributed by atoms with Crippen LogP contribution in [0.25, 0.3) is 0 Å². The number of rotatable bonds is 2. The molecule has 0 spiro atoms. The first kappa shape index (κ1) is 9.22. The van der Waals surface area contributed by atoms with Crippen molar-refractivity contribution >= 4 is 10.1 Å². The van der Waals surface area contributed by atoms with Crippen molar-refractivity contribution in [2.75, 3.05) is 0 Å². The van der Waals surface area contributed by atoms with Gasteiger partial charge in [-0.15, -0.1) is 0 Å². The van der Waals surface area contributed by atoms with Gasteiger partial charge in [-0.1, -0.05) is 18.2 Å². The molecule has 0 bridgehead atoms. The minimum Gasteiger partial charge on any atom is -0.282 e. The molecule has 0 unspecified atom stereocenters. The largest absolute Gasteiger partial charge is 0.294 e. The molecule has 3 nitrogen and oxygen atoms in total. The lowest BCUT2D eigenvalue weighted by Gasteiger charge is -2.02. The molecule has 1 N–H and O–H groups in total. The van der Waals surface area contributed by atoms with Crippen LogP contribution >= 0.6 is 0 Å². The third-order valence-electron chi connectivity index (χ3n) is 1.52. The molecule has 12 heavy (non-hydrogen) atoms. The van der Waals surface area contributed by atoms with Crippen LogP contribution in [0.2, 0.25) is 0 Å². The first-order chi connectivity index (χ1) is 5.55. The van der Waals surface area contributed by atoms with Crippen LogP contribution in [0.4, 0.5) is 0 Å². The Bertz CT molecular complexity index is 368. The first-order valence-corrected chi connectivity index (χ1v) is 4.84. The Labute approximate surface area is 71.8 Å². The highest BCUT2D eigenvalue weighted by molar-refractivity contribution is 7.85. The Balaban J connectivity index is 3.33. The lowest BCUT2D eigenvalue weighted by atomic mass is 10.2. The van der Waals surface area contributed by atoms with Crippen molar-refractivity contribution in [2.45, 2.75) is 11.3 Å².